The van der Waals surface area contributed by atoms with Gasteiger partial charge in [0.15, 0.2) is 0 Å². The van der Waals surface area contributed by atoms with E-state index in [4.69, 9.17) is 9.97 Å². The quantitative estimate of drug-likeness (QED) is 0.168. The van der Waals surface area contributed by atoms with Crippen LogP contribution in [0.2, 0.25) is 0 Å². The molecule has 282 valence electrons. The summed E-state index contributed by atoms with van der Waals surface area (Å²) in [5.74, 6) is 0. The zero-order valence-electron chi connectivity index (χ0n) is 34.7. The topological polar surface area (TPSA) is 32.3 Å². The SMILES string of the molecule is CC(C)(C)c1ccc(N2c3ccccc3B3c4ccccc4N(c4ccc(C(C)(C)C)cc4-c4ccccn4)c4cc(C(C)(C)C)cc2c43)c(-c2ccccn2)c1. The lowest BCUT2D eigenvalue weighted by atomic mass is 9.33. The molecule has 0 bridgehead atoms. The smallest absolute Gasteiger partial charge is 0.252 e. The fraction of sp³-hybridized carbons (Fsp3) is 0.231. The molecule has 2 aromatic heterocycles. The number of nitrogens with zero attached hydrogens (tertiary/aromatic N) is 4. The molecule has 0 amide bonds. The van der Waals surface area contributed by atoms with Gasteiger partial charge in [-0.25, -0.2) is 0 Å². The van der Waals surface area contributed by atoms with Crippen LogP contribution in [0.5, 0.6) is 0 Å². The summed E-state index contributed by atoms with van der Waals surface area (Å²) in [5.41, 5.74) is 18.7. The molecule has 0 N–H and O–H groups in total. The third-order valence-electron chi connectivity index (χ3n) is 11.8. The lowest BCUT2D eigenvalue weighted by Crippen LogP contribution is -2.61. The van der Waals surface area contributed by atoms with Crippen molar-refractivity contribution in [3.05, 3.63) is 163 Å². The van der Waals surface area contributed by atoms with E-state index in [1.54, 1.807) is 0 Å². The summed E-state index contributed by atoms with van der Waals surface area (Å²) in [6.45, 7) is 20.7. The average molecular weight is 743 g/mol. The van der Waals surface area contributed by atoms with Gasteiger partial charge in [-0.05, 0) is 122 Å². The third-order valence-corrected chi connectivity index (χ3v) is 11.8. The van der Waals surface area contributed by atoms with Crippen LogP contribution in [0.15, 0.2) is 146 Å². The van der Waals surface area contributed by atoms with Crippen LogP contribution < -0.4 is 26.2 Å². The molecule has 57 heavy (non-hydrogen) atoms. The third kappa shape index (κ3) is 6.25. The van der Waals surface area contributed by atoms with Gasteiger partial charge in [-0.1, -0.05) is 123 Å². The first-order valence-corrected chi connectivity index (χ1v) is 20.3. The molecule has 7 aromatic rings. The predicted octanol–water partition coefficient (Wildman–Crippen LogP) is 11.8. The van der Waals surface area contributed by atoms with E-state index < -0.39 is 0 Å². The van der Waals surface area contributed by atoms with Crippen LogP contribution in [-0.2, 0) is 16.2 Å². The molecular formula is C52H51BN4. The molecule has 4 heterocycles. The second-order valence-electron chi connectivity index (χ2n) is 18.8. The van der Waals surface area contributed by atoms with Crippen LogP contribution >= 0.6 is 0 Å². The molecule has 4 nitrogen and oxygen atoms in total. The van der Waals surface area contributed by atoms with E-state index in [0.29, 0.717) is 0 Å². The van der Waals surface area contributed by atoms with E-state index >= 15 is 0 Å². The van der Waals surface area contributed by atoms with Gasteiger partial charge in [-0.2, -0.15) is 0 Å². The molecule has 0 spiro atoms. The molecule has 0 saturated heterocycles. The Morgan fingerprint density at radius 3 is 1.18 bits per heavy atom. The van der Waals surface area contributed by atoms with Crippen molar-refractivity contribution in [1.29, 1.82) is 0 Å². The van der Waals surface area contributed by atoms with Crippen molar-refractivity contribution in [1.82, 2.24) is 9.97 Å². The Balaban J connectivity index is 1.40. The zero-order valence-corrected chi connectivity index (χ0v) is 34.7. The van der Waals surface area contributed by atoms with E-state index in [1.807, 2.05) is 24.5 Å². The standard InChI is InChI=1S/C52H51BN4/c1-50(2,3)34-24-26-43(37(30-34)41-20-14-16-28-54-41)56-45-22-12-10-18-39(45)53-40-19-11-13-23-46(40)57(48-33-36(52(7,8)9)32-47(56)49(48)53)44-27-25-35(51(4,5)6)31-38(44)42-21-15-17-29-55-42/h10-33H,1-9H3. The Kier molecular flexibility index (Phi) is 8.58. The summed E-state index contributed by atoms with van der Waals surface area (Å²) in [6.07, 6.45) is 3.81. The van der Waals surface area contributed by atoms with Gasteiger partial charge >= 0.3 is 0 Å². The second-order valence-corrected chi connectivity index (χ2v) is 18.8. The maximum Gasteiger partial charge on any atom is 0.252 e. The molecule has 0 radical (unpaired) electrons. The highest BCUT2D eigenvalue weighted by molar-refractivity contribution is 7.00. The molecule has 0 aliphatic carbocycles. The number of hydrogen-bond donors (Lipinski definition) is 0. The normalized spacial score (nSPS) is 13.6. The highest BCUT2D eigenvalue weighted by Gasteiger charge is 2.44. The fourth-order valence-corrected chi connectivity index (χ4v) is 8.70. The average Bonchev–Trinajstić information content (AvgIpc) is 3.20. The van der Waals surface area contributed by atoms with Crippen molar-refractivity contribution >= 4 is 57.2 Å². The van der Waals surface area contributed by atoms with Crippen LogP contribution in [-0.4, -0.2) is 16.7 Å². The molecule has 0 fully saturated rings. The van der Waals surface area contributed by atoms with Crippen LogP contribution in [0, 0.1) is 0 Å². The van der Waals surface area contributed by atoms with E-state index in [1.165, 1.54) is 55.8 Å². The summed E-state index contributed by atoms with van der Waals surface area (Å²) in [7, 11) is 0. The Bertz CT molecular complexity index is 2470. The van der Waals surface area contributed by atoms with Gasteiger partial charge in [0, 0.05) is 46.3 Å². The van der Waals surface area contributed by atoms with Gasteiger partial charge in [-0.3, -0.25) is 9.97 Å². The van der Waals surface area contributed by atoms with Crippen molar-refractivity contribution in [3.8, 4) is 22.5 Å². The van der Waals surface area contributed by atoms with Gasteiger partial charge in [0.05, 0.1) is 22.8 Å². The lowest BCUT2D eigenvalue weighted by Gasteiger charge is -2.45. The van der Waals surface area contributed by atoms with Crippen molar-refractivity contribution in [2.45, 2.75) is 78.6 Å². The first-order valence-electron chi connectivity index (χ1n) is 20.3. The number of aromatic nitrogens is 2. The van der Waals surface area contributed by atoms with Crippen LogP contribution in [0.25, 0.3) is 22.5 Å². The number of benzene rings is 5. The Hall–Kier alpha value is -5.94. The largest absolute Gasteiger partial charge is 0.311 e. The summed E-state index contributed by atoms with van der Waals surface area (Å²) >= 11 is 0. The van der Waals surface area contributed by atoms with E-state index in [9.17, 15) is 0 Å². The summed E-state index contributed by atoms with van der Waals surface area (Å²) in [4.78, 5) is 15.0. The van der Waals surface area contributed by atoms with Crippen molar-refractivity contribution < 1.29 is 0 Å². The number of hydrogen-bond acceptors (Lipinski definition) is 4. The van der Waals surface area contributed by atoms with Crippen LogP contribution in [0.4, 0.5) is 34.1 Å². The Morgan fingerprint density at radius 1 is 0.386 bits per heavy atom. The highest BCUT2D eigenvalue weighted by Crippen LogP contribution is 2.50. The van der Waals surface area contributed by atoms with Crippen molar-refractivity contribution in [3.63, 3.8) is 0 Å². The molecule has 9 rings (SSSR count). The molecular weight excluding hydrogens is 691 g/mol. The molecule has 5 aromatic carbocycles. The Morgan fingerprint density at radius 2 is 0.789 bits per heavy atom. The summed E-state index contributed by atoms with van der Waals surface area (Å²) in [5, 5.41) is 0. The number of para-hydroxylation sites is 2. The lowest BCUT2D eigenvalue weighted by molar-refractivity contribution is 0.590. The molecule has 2 aliphatic heterocycles. The van der Waals surface area contributed by atoms with Crippen LogP contribution in [0.1, 0.15) is 79.0 Å². The maximum absolute atomic E-state index is 4.96. The molecule has 2 aliphatic rings. The minimum atomic E-state index is -0.133. The van der Waals surface area contributed by atoms with Gasteiger partial charge < -0.3 is 9.80 Å². The van der Waals surface area contributed by atoms with Gasteiger partial charge in [0.25, 0.3) is 6.71 Å². The first kappa shape index (κ1) is 36.7. The molecule has 5 heteroatoms. The Labute approximate surface area is 339 Å². The minimum absolute atomic E-state index is 0.0308. The number of pyridine rings is 2. The van der Waals surface area contributed by atoms with E-state index in [0.717, 1.165) is 33.9 Å². The molecule has 0 atom stereocenters. The maximum atomic E-state index is 4.96. The summed E-state index contributed by atoms with van der Waals surface area (Å²) in [6, 6.07) is 49.5. The summed E-state index contributed by atoms with van der Waals surface area (Å²) < 4.78 is 0. The first-order chi connectivity index (χ1) is 27.2. The monoisotopic (exact) mass is 742 g/mol. The van der Waals surface area contributed by atoms with Gasteiger partial charge in [0.1, 0.15) is 0 Å². The molecule has 0 unspecified atom stereocenters. The highest BCUT2D eigenvalue weighted by atomic mass is 15.2. The van der Waals surface area contributed by atoms with Crippen LogP contribution in [0.3, 0.4) is 0 Å². The number of fused-ring (bicyclic) bond motifs is 4. The number of rotatable bonds is 4. The molecule has 0 saturated carbocycles. The van der Waals surface area contributed by atoms with Gasteiger partial charge in [-0.15, -0.1) is 0 Å². The van der Waals surface area contributed by atoms with E-state index in [-0.39, 0.29) is 23.0 Å². The van der Waals surface area contributed by atoms with E-state index in [2.05, 4.69) is 193 Å². The zero-order chi connectivity index (χ0) is 39.9. The second kappa shape index (κ2) is 13.3. The number of anilines is 6. The van der Waals surface area contributed by atoms with Gasteiger partial charge in [0.2, 0.25) is 0 Å². The predicted molar refractivity (Wildman–Crippen MR) is 243 cm³/mol. The van der Waals surface area contributed by atoms with Crippen molar-refractivity contribution in [2.75, 3.05) is 9.80 Å². The fourth-order valence-electron chi connectivity index (χ4n) is 8.70. The minimum Gasteiger partial charge on any atom is -0.311 e. The van der Waals surface area contributed by atoms with Crippen molar-refractivity contribution in [2.24, 2.45) is 0 Å².